The summed E-state index contributed by atoms with van der Waals surface area (Å²) in [5, 5.41) is 7.42. The van der Waals surface area contributed by atoms with Crippen LogP contribution in [0.5, 0.6) is 11.5 Å². The second-order valence-electron chi connectivity index (χ2n) is 5.21. The minimum Gasteiger partial charge on any atom is -0.454 e. The number of rotatable bonds is 5. The molecular weight excluding hydrogens is 294 g/mol. The highest BCUT2D eigenvalue weighted by molar-refractivity contribution is 5.64. The zero-order chi connectivity index (χ0) is 15.5. The van der Waals surface area contributed by atoms with Gasteiger partial charge in [0.25, 0.3) is 0 Å². The summed E-state index contributed by atoms with van der Waals surface area (Å²) in [6.45, 7) is 1.60. The second-order valence-corrected chi connectivity index (χ2v) is 5.21. The molecule has 2 aromatic heterocycles. The van der Waals surface area contributed by atoms with E-state index in [-0.39, 0.29) is 6.79 Å². The summed E-state index contributed by atoms with van der Waals surface area (Å²) in [6, 6.07) is 11.6. The third kappa shape index (κ3) is 3.02. The van der Waals surface area contributed by atoms with Gasteiger partial charge in [-0.15, -0.1) is 0 Å². The van der Waals surface area contributed by atoms with Crippen molar-refractivity contribution in [2.24, 2.45) is 0 Å². The summed E-state index contributed by atoms with van der Waals surface area (Å²) < 4.78 is 16.1. The molecule has 0 aliphatic carbocycles. The standard InChI is InChI=1S/C17H15N3O3/c1-2-12(8-18-5-1)9-19-10-14-7-15(20-23-14)13-3-4-16-17(6-13)22-11-21-16/h1-8,19H,9-11H2. The highest BCUT2D eigenvalue weighted by Crippen LogP contribution is 2.35. The van der Waals surface area contributed by atoms with Crippen LogP contribution in [0.4, 0.5) is 0 Å². The van der Waals surface area contributed by atoms with Crippen molar-refractivity contribution < 1.29 is 14.0 Å². The molecule has 0 saturated carbocycles. The van der Waals surface area contributed by atoms with Crippen molar-refractivity contribution in [2.45, 2.75) is 13.1 Å². The highest BCUT2D eigenvalue weighted by Gasteiger charge is 2.15. The van der Waals surface area contributed by atoms with Crippen LogP contribution in [-0.2, 0) is 13.1 Å². The number of benzene rings is 1. The summed E-state index contributed by atoms with van der Waals surface area (Å²) in [7, 11) is 0. The Morgan fingerprint density at radius 1 is 1.04 bits per heavy atom. The van der Waals surface area contributed by atoms with E-state index in [0.29, 0.717) is 6.54 Å². The number of hydrogen-bond acceptors (Lipinski definition) is 6. The topological polar surface area (TPSA) is 69.4 Å². The van der Waals surface area contributed by atoms with Gasteiger partial charge in [-0.3, -0.25) is 4.98 Å². The van der Waals surface area contributed by atoms with Crippen molar-refractivity contribution in [1.82, 2.24) is 15.5 Å². The first kappa shape index (κ1) is 13.8. The van der Waals surface area contributed by atoms with Gasteiger partial charge >= 0.3 is 0 Å². The Bertz CT molecular complexity index is 802. The number of pyridine rings is 1. The van der Waals surface area contributed by atoms with Gasteiger partial charge < -0.3 is 19.3 Å². The van der Waals surface area contributed by atoms with Gasteiger partial charge in [0.05, 0.1) is 6.54 Å². The number of aromatic nitrogens is 2. The van der Waals surface area contributed by atoms with E-state index in [1.165, 1.54) is 0 Å². The third-order valence-corrected chi connectivity index (χ3v) is 3.58. The SMILES string of the molecule is c1cncc(CNCc2cc(-c3ccc4c(c3)OCO4)no2)c1. The lowest BCUT2D eigenvalue weighted by Gasteiger charge is -2.01. The van der Waals surface area contributed by atoms with Gasteiger partial charge in [-0.1, -0.05) is 11.2 Å². The number of ether oxygens (including phenoxy) is 2. The molecule has 1 N–H and O–H groups in total. The molecule has 0 bridgehead atoms. The van der Waals surface area contributed by atoms with Crippen LogP contribution in [0.15, 0.2) is 53.3 Å². The molecule has 3 aromatic rings. The fourth-order valence-electron chi connectivity index (χ4n) is 2.42. The maximum atomic E-state index is 5.38. The summed E-state index contributed by atoms with van der Waals surface area (Å²) in [5.41, 5.74) is 2.85. The smallest absolute Gasteiger partial charge is 0.231 e. The van der Waals surface area contributed by atoms with E-state index in [4.69, 9.17) is 14.0 Å². The number of nitrogens with one attached hydrogen (secondary N) is 1. The van der Waals surface area contributed by atoms with Gasteiger partial charge in [-0.2, -0.15) is 0 Å². The van der Waals surface area contributed by atoms with Crippen LogP contribution in [-0.4, -0.2) is 16.9 Å². The molecule has 4 rings (SSSR count). The van der Waals surface area contributed by atoms with Gasteiger partial charge in [-0.25, -0.2) is 0 Å². The quantitative estimate of drug-likeness (QED) is 0.781. The van der Waals surface area contributed by atoms with Crippen LogP contribution >= 0.6 is 0 Å². The number of fused-ring (bicyclic) bond motifs is 1. The Balaban J connectivity index is 1.41. The van der Waals surface area contributed by atoms with Gasteiger partial charge in [-0.05, 0) is 29.8 Å². The molecule has 116 valence electrons. The molecule has 1 aliphatic heterocycles. The van der Waals surface area contributed by atoms with Gasteiger partial charge in [0, 0.05) is 30.6 Å². The summed E-state index contributed by atoms with van der Waals surface area (Å²) in [6.07, 6.45) is 3.60. The molecule has 0 fully saturated rings. The Morgan fingerprint density at radius 2 is 2.00 bits per heavy atom. The molecule has 1 aliphatic rings. The zero-order valence-electron chi connectivity index (χ0n) is 12.4. The van der Waals surface area contributed by atoms with Crippen molar-refractivity contribution >= 4 is 0 Å². The molecule has 6 nitrogen and oxygen atoms in total. The van der Waals surface area contributed by atoms with Crippen molar-refractivity contribution in [3.05, 3.63) is 60.1 Å². The Hall–Kier alpha value is -2.86. The van der Waals surface area contributed by atoms with Crippen molar-refractivity contribution in [3.63, 3.8) is 0 Å². The van der Waals surface area contributed by atoms with Crippen LogP contribution in [0.3, 0.4) is 0 Å². The first-order valence-corrected chi connectivity index (χ1v) is 7.34. The fraction of sp³-hybridized carbons (Fsp3) is 0.176. The lowest BCUT2D eigenvalue weighted by Crippen LogP contribution is -2.12. The summed E-state index contributed by atoms with van der Waals surface area (Å²) in [5.74, 6) is 2.28. The molecule has 0 unspecified atom stereocenters. The van der Waals surface area contributed by atoms with Crippen LogP contribution in [0.2, 0.25) is 0 Å². The first-order valence-electron chi connectivity index (χ1n) is 7.34. The normalized spacial score (nSPS) is 12.5. The van der Waals surface area contributed by atoms with Crippen molar-refractivity contribution in [1.29, 1.82) is 0 Å². The molecule has 3 heterocycles. The van der Waals surface area contributed by atoms with Gasteiger partial charge in [0.1, 0.15) is 5.69 Å². The van der Waals surface area contributed by atoms with Gasteiger partial charge in [0.15, 0.2) is 17.3 Å². The molecule has 0 saturated heterocycles. The molecule has 0 atom stereocenters. The van der Waals surface area contributed by atoms with E-state index in [0.717, 1.165) is 40.6 Å². The van der Waals surface area contributed by atoms with Crippen molar-refractivity contribution in [3.8, 4) is 22.8 Å². The molecule has 6 heteroatoms. The van der Waals surface area contributed by atoms with Gasteiger partial charge in [0.2, 0.25) is 6.79 Å². The predicted molar refractivity (Wildman–Crippen MR) is 82.8 cm³/mol. The van der Waals surface area contributed by atoms with E-state index in [2.05, 4.69) is 15.5 Å². The summed E-state index contributed by atoms with van der Waals surface area (Å²) in [4.78, 5) is 4.08. The van der Waals surface area contributed by atoms with E-state index in [9.17, 15) is 0 Å². The second kappa shape index (κ2) is 6.10. The molecule has 0 radical (unpaired) electrons. The minimum atomic E-state index is 0.265. The molecule has 0 amide bonds. The Kier molecular flexibility index (Phi) is 3.65. The van der Waals surface area contributed by atoms with E-state index in [1.807, 2.05) is 42.6 Å². The largest absolute Gasteiger partial charge is 0.454 e. The number of hydrogen-bond donors (Lipinski definition) is 1. The van der Waals surface area contributed by atoms with Crippen LogP contribution < -0.4 is 14.8 Å². The third-order valence-electron chi connectivity index (χ3n) is 3.58. The summed E-state index contributed by atoms with van der Waals surface area (Å²) >= 11 is 0. The Morgan fingerprint density at radius 3 is 2.91 bits per heavy atom. The average Bonchev–Trinajstić information content (AvgIpc) is 3.24. The van der Waals surface area contributed by atoms with E-state index in [1.54, 1.807) is 6.20 Å². The zero-order valence-corrected chi connectivity index (χ0v) is 12.4. The molecule has 23 heavy (non-hydrogen) atoms. The van der Waals surface area contributed by atoms with Crippen LogP contribution in [0.25, 0.3) is 11.3 Å². The first-order chi connectivity index (χ1) is 11.4. The lowest BCUT2D eigenvalue weighted by molar-refractivity contribution is 0.174. The minimum absolute atomic E-state index is 0.265. The highest BCUT2D eigenvalue weighted by atomic mass is 16.7. The molecule has 1 aromatic carbocycles. The van der Waals surface area contributed by atoms with Crippen LogP contribution in [0, 0.1) is 0 Å². The average molecular weight is 309 g/mol. The van der Waals surface area contributed by atoms with E-state index < -0.39 is 0 Å². The molecule has 0 spiro atoms. The monoisotopic (exact) mass is 309 g/mol. The maximum Gasteiger partial charge on any atom is 0.231 e. The molecular formula is C17H15N3O3. The van der Waals surface area contributed by atoms with Crippen LogP contribution in [0.1, 0.15) is 11.3 Å². The lowest BCUT2D eigenvalue weighted by atomic mass is 10.1. The van der Waals surface area contributed by atoms with Crippen molar-refractivity contribution in [2.75, 3.05) is 6.79 Å². The maximum absolute atomic E-state index is 5.38. The fourth-order valence-corrected chi connectivity index (χ4v) is 2.42. The van der Waals surface area contributed by atoms with E-state index >= 15 is 0 Å². The number of nitrogens with zero attached hydrogens (tertiary/aromatic N) is 2. The predicted octanol–water partition coefficient (Wildman–Crippen LogP) is 2.76. The Labute approximate surface area is 133 Å².